The van der Waals surface area contributed by atoms with Gasteiger partial charge in [0.25, 0.3) is 0 Å². The van der Waals surface area contributed by atoms with E-state index >= 15 is 0 Å². The molecular weight excluding hydrogens is 208 g/mol. The SMILES string of the molecule is CC(C)[C@@H](O)OC1C2CC3C(=O)OC1C3C2. The maximum absolute atomic E-state index is 11.5. The molecule has 2 bridgehead atoms. The molecule has 1 saturated heterocycles. The molecule has 5 unspecified atom stereocenters. The van der Waals surface area contributed by atoms with E-state index in [4.69, 9.17) is 9.47 Å². The molecule has 0 aromatic heterocycles. The van der Waals surface area contributed by atoms with E-state index in [1.807, 2.05) is 13.8 Å². The molecule has 0 aromatic carbocycles. The zero-order valence-electron chi connectivity index (χ0n) is 9.63. The molecule has 6 atom stereocenters. The third-order valence-corrected chi connectivity index (χ3v) is 4.28. The molecule has 3 fully saturated rings. The number of aliphatic hydroxyl groups excluding tert-OH is 1. The number of hydrogen-bond acceptors (Lipinski definition) is 4. The summed E-state index contributed by atoms with van der Waals surface area (Å²) in [6.07, 6.45) is 0.989. The topological polar surface area (TPSA) is 55.8 Å². The van der Waals surface area contributed by atoms with Crippen molar-refractivity contribution < 1.29 is 19.4 Å². The van der Waals surface area contributed by atoms with Crippen molar-refractivity contribution in [2.75, 3.05) is 0 Å². The normalized spacial score (nSPS) is 46.5. The fraction of sp³-hybridized carbons (Fsp3) is 0.917. The van der Waals surface area contributed by atoms with Gasteiger partial charge in [-0.3, -0.25) is 4.79 Å². The highest BCUT2D eigenvalue weighted by Gasteiger charge is 2.62. The molecule has 2 aliphatic carbocycles. The van der Waals surface area contributed by atoms with E-state index in [1.165, 1.54) is 0 Å². The molecule has 1 aliphatic heterocycles. The molecule has 0 amide bonds. The second kappa shape index (κ2) is 3.44. The quantitative estimate of drug-likeness (QED) is 0.574. The van der Waals surface area contributed by atoms with Gasteiger partial charge in [0, 0.05) is 11.8 Å². The second-order valence-corrected chi connectivity index (χ2v) is 5.64. The van der Waals surface area contributed by atoms with Crippen LogP contribution in [0.4, 0.5) is 0 Å². The van der Waals surface area contributed by atoms with Gasteiger partial charge in [0.1, 0.15) is 12.2 Å². The van der Waals surface area contributed by atoms with E-state index in [0.717, 1.165) is 12.8 Å². The van der Waals surface area contributed by atoms with Crippen molar-refractivity contribution in [1.82, 2.24) is 0 Å². The summed E-state index contributed by atoms with van der Waals surface area (Å²) in [7, 11) is 0. The van der Waals surface area contributed by atoms with Crippen LogP contribution in [-0.2, 0) is 14.3 Å². The smallest absolute Gasteiger partial charge is 0.309 e. The summed E-state index contributed by atoms with van der Waals surface area (Å²) in [5, 5.41) is 9.75. The van der Waals surface area contributed by atoms with Crippen molar-refractivity contribution in [2.45, 2.75) is 45.2 Å². The summed E-state index contributed by atoms with van der Waals surface area (Å²) in [6.45, 7) is 3.84. The number of fused-ring (bicyclic) bond motifs is 1. The highest BCUT2D eigenvalue weighted by Crippen LogP contribution is 2.55. The van der Waals surface area contributed by atoms with Gasteiger partial charge >= 0.3 is 5.97 Å². The molecule has 2 saturated carbocycles. The van der Waals surface area contributed by atoms with Crippen LogP contribution >= 0.6 is 0 Å². The van der Waals surface area contributed by atoms with E-state index in [2.05, 4.69) is 0 Å². The van der Waals surface area contributed by atoms with Gasteiger partial charge in [-0.1, -0.05) is 13.8 Å². The molecule has 4 nitrogen and oxygen atoms in total. The predicted molar refractivity (Wildman–Crippen MR) is 55.3 cm³/mol. The van der Waals surface area contributed by atoms with Crippen LogP contribution < -0.4 is 0 Å². The Bertz CT molecular complexity index is 314. The van der Waals surface area contributed by atoms with Crippen LogP contribution in [0.15, 0.2) is 0 Å². The van der Waals surface area contributed by atoms with Gasteiger partial charge in [-0.25, -0.2) is 0 Å². The molecule has 3 aliphatic rings. The molecule has 16 heavy (non-hydrogen) atoms. The van der Waals surface area contributed by atoms with Crippen molar-refractivity contribution in [3.8, 4) is 0 Å². The number of aliphatic hydroxyl groups is 1. The molecule has 4 heteroatoms. The summed E-state index contributed by atoms with van der Waals surface area (Å²) in [5.74, 6) is 0.891. The van der Waals surface area contributed by atoms with Gasteiger partial charge in [0.05, 0.1) is 5.92 Å². The van der Waals surface area contributed by atoms with Crippen molar-refractivity contribution >= 4 is 5.97 Å². The Morgan fingerprint density at radius 2 is 2.19 bits per heavy atom. The Morgan fingerprint density at radius 1 is 1.44 bits per heavy atom. The molecule has 0 spiro atoms. The van der Waals surface area contributed by atoms with E-state index < -0.39 is 6.29 Å². The lowest BCUT2D eigenvalue weighted by Crippen LogP contribution is -2.38. The van der Waals surface area contributed by atoms with E-state index in [-0.39, 0.29) is 30.0 Å². The predicted octanol–water partition coefficient (Wildman–Crippen LogP) is 0.927. The maximum atomic E-state index is 11.5. The zero-order valence-corrected chi connectivity index (χ0v) is 9.63. The van der Waals surface area contributed by atoms with Crippen molar-refractivity contribution in [3.05, 3.63) is 0 Å². The Hall–Kier alpha value is -0.610. The molecule has 90 valence electrons. The van der Waals surface area contributed by atoms with Crippen molar-refractivity contribution in [3.63, 3.8) is 0 Å². The minimum atomic E-state index is -0.748. The van der Waals surface area contributed by atoms with Crippen LogP contribution in [0.25, 0.3) is 0 Å². The summed E-state index contributed by atoms with van der Waals surface area (Å²) in [4.78, 5) is 11.5. The van der Waals surface area contributed by atoms with Crippen LogP contribution in [-0.4, -0.2) is 29.6 Å². The molecule has 0 radical (unpaired) electrons. The molecule has 0 aromatic rings. The van der Waals surface area contributed by atoms with Gasteiger partial charge in [0.15, 0.2) is 6.29 Å². The van der Waals surface area contributed by atoms with Crippen LogP contribution in [0.2, 0.25) is 0 Å². The third-order valence-electron chi connectivity index (χ3n) is 4.28. The van der Waals surface area contributed by atoms with Crippen LogP contribution in [0.3, 0.4) is 0 Å². The largest absolute Gasteiger partial charge is 0.459 e. The minimum absolute atomic E-state index is 0.0531. The Morgan fingerprint density at radius 3 is 2.88 bits per heavy atom. The first-order valence-electron chi connectivity index (χ1n) is 6.12. The van der Waals surface area contributed by atoms with Crippen molar-refractivity contribution in [2.24, 2.45) is 23.7 Å². The number of rotatable bonds is 3. The standard InChI is InChI=1S/C12H18O4/c1-5(2)11(13)15-9-6-3-7-8(4-6)12(14)16-10(7)9/h5-11,13H,3-4H2,1-2H3/t6?,7?,8?,9?,10?,11-/m0/s1. The lowest BCUT2D eigenvalue weighted by molar-refractivity contribution is -0.193. The van der Waals surface area contributed by atoms with Gasteiger partial charge in [-0.05, 0) is 18.8 Å². The van der Waals surface area contributed by atoms with Crippen LogP contribution in [0, 0.1) is 23.7 Å². The summed E-state index contributed by atoms with van der Waals surface area (Å²) < 4.78 is 11.0. The fourth-order valence-corrected chi connectivity index (χ4v) is 3.41. The van der Waals surface area contributed by atoms with E-state index in [9.17, 15) is 9.90 Å². The average Bonchev–Trinajstić information content (AvgIpc) is 2.81. The highest BCUT2D eigenvalue weighted by molar-refractivity contribution is 5.76. The first-order chi connectivity index (χ1) is 7.58. The Labute approximate surface area is 94.9 Å². The third kappa shape index (κ3) is 1.32. The number of carbonyl (C=O) groups is 1. The number of ether oxygens (including phenoxy) is 2. The van der Waals surface area contributed by atoms with Gasteiger partial charge in [-0.2, -0.15) is 0 Å². The van der Waals surface area contributed by atoms with Gasteiger partial charge in [0.2, 0.25) is 0 Å². The van der Waals surface area contributed by atoms with E-state index in [0.29, 0.717) is 11.8 Å². The van der Waals surface area contributed by atoms with Crippen LogP contribution in [0.5, 0.6) is 0 Å². The summed E-state index contributed by atoms with van der Waals surface area (Å²) in [6, 6.07) is 0. The lowest BCUT2D eigenvalue weighted by atomic mass is 9.88. The number of esters is 1. The maximum Gasteiger partial charge on any atom is 0.309 e. The van der Waals surface area contributed by atoms with Gasteiger partial charge < -0.3 is 14.6 Å². The summed E-state index contributed by atoms with van der Waals surface area (Å²) in [5.41, 5.74) is 0. The minimum Gasteiger partial charge on any atom is -0.459 e. The lowest BCUT2D eigenvalue weighted by Gasteiger charge is -2.29. The second-order valence-electron chi connectivity index (χ2n) is 5.64. The van der Waals surface area contributed by atoms with Crippen LogP contribution in [0.1, 0.15) is 26.7 Å². The van der Waals surface area contributed by atoms with E-state index in [1.54, 1.807) is 0 Å². The summed E-state index contributed by atoms with van der Waals surface area (Å²) >= 11 is 0. The average molecular weight is 226 g/mol. The molecule has 1 N–H and O–H groups in total. The fourth-order valence-electron chi connectivity index (χ4n) is 3.41. The monoisotopic (exact) mass is 226 g/mol. The highest BCUT2D eigenvalue weighted by atomic mass is 16.6. The molecule has 3 rings (SSSR count). The number of carbonyl (C=O) groups excluding carboxylic acids is 1. The molecular formula is C12H18O4. The number of hydrogen-bond donors (Lipinski definition) is 1. The zero-order chi connectivity index (χ0) is 11.4. The first-order valence-corrected chi connectivity index (χ1v) is 6.12. The van der Waals surface area contributed by atoms with Gasteiger partial charge in [-0.15, -0.1) is 0 Å². The Kier molecular flexibility index (Phi) is 2.27. The Balaban J connectivity index is 1.72. The van der Waals surface area contributed by atoms with Crippen molar-refractivity contribution in [1.29, 1.82) is 0 Å². The molecule has 1 heterocycles. The first kappa shape index (κ1) is 10.5.